The van der Waals surface area contributed by atoms with Crippen LogP contribution in [0, 0.1) is 0 Å². The topological polar surface area (TPSA) is 69.6 Å². The molecule has 1 aromatic carbocycles. The molecule has 8 heteroatoms. The molecule has 23 heavy (non-hydrogen) atoms. The lowest BCUT2D eigenvalue weighted by Gasteiger charge is -2.23. The number of nitrogens with one attached hydrogen (secondary N) is 1. The minimum atomic E-state index is -4.45. The Kier molecular flexibility index (Phi) is 5.25. The predicted molar refractivity (Wildman–Crippen MR) is 75.5 cm³/mol. The van der Waals surface area contributed by atoms with Crippen LogP contribution in [0.3, 0.4) is 0 Å². The summed E-state index contributed by atoms with van der Waals surface area (Å²) in [5, 5.41) is 10.7. The van der Waals surface area contributed by atoms with Gasteiger partial charge in [0, 0.05) is 12.6 Å². The van der Waals surface area contributed by atoms with Gasteiger partial charge in [-0.3, -0.25) is 14.5 Å². The molecule has 1 aliphatic carbocycles. The standard InChI is InChI=1S/C15H17F3N2O3/c16-15(17,18)12-4-2-1-3-10(12)8-20(11-5-6-11)9-13(21)19-7-14(22)23/h1-4,11H,5-9H2,(H,19,21)(H,22,23). The van der Waals surface area contributed by atoms with Gasteiger partial charge in [-0.05, 0) is 24.5 Å². The SMILES string of the molecule is O=C(O)CNC(=O)CN(Cc1ccccc1C(F)(F)F)C1CC1. The normalized spacial score (nSPS) is 14.8. The predicted octanol–water partition coefficient (Wildman–Crippen LogP) is 1.87. The van der Waals surface area contributed by atoms with Crippen LogP contribution < -0.4 is 5.32 Å². The Morgan fingerprint density at radius 2 is 1.91 bits per heavy atom. The molecule has 1 aliphatic rings. The van der Waals surface area contributed by atoms with Gasteiger partial charge < -0.3 is 10.4 Å². The van der Waals surface area contributed by atoms with Gasteiger partial charge in [-0.1, -0.05) is 18.2 Å². The molecular weight excluding hydrogens is 313 g/mol. The van der Waals surface area contributed by atoms with Gasteiger partial charge in [0.15, 0.2) is 0 Å². The molecule has 1 aromatic rings. The summed E-state index contributed by atoms with van der Waals surface area (Å²) >= 11 is 0. The van der Waals surface area contributed by atoms with E-state index in [2.05, 4.69) is 5.32 Å². The highest BCUT2D eigenvalue weighted by Crippen LogP contribution is 2.34. The third-order valence-electron chi connectivity index (χ3n) is 3.54. The summed E-state index contributed by atoms with van der Waals surface area (Å²) in [4.78, 5) is 23.8. The Hall–Kier alpha value is -2.09. The number of hydrogen-bond acceptors (Lipinski definition) is 3. The summed E-state index contributed by atoms with van der Waals surface area (Å²) in [5.74, 6) is -1.68. The fraction of sp³-hybridized carbons (Fsp3) is 0.467. The summed E-state index contributed by atoms with van der Waals surface area (Å²) in [6.45, 7) is -0.624. The maximum absolute atomic E-state index is 13.0. The number of carboxylic acid groups (broad SMARTS) is 1. The molecule has 0 radical (unpaired) electrons. The van der Waals surface area contributed by atoms with Crippen LogP contribution in [0.4, 0.5) is 13.2 Å². The van der Waals surface area contributed by atoms with Crippen LogP contribution in [0.2, 0.25) is 0 Å². The number of nitrogens with zero attached hydrogens (tertiary/aromatic N) is 1. The van der Waals surface area contributed by atoms with E-state index in [0.29, 0.717) is 0 Å². The molecule has 2 rings (SSSR count). The van der Waals surface area contributed by atoms with Crippen molar-refractivity contribution in [2.45, 2.75) is 31.6 Å². The number of benzene rings is 1. The van der Waals surface area contributed by atoms with Crippen LogP contribution in [0.1, 0.15) is 24.0 Å². The van der Waals surface area contributed by atoms with Gasteiger partial charge in [-0.15, -0.1) is 0 Å². The largest absolute Gasteiger partial charge is 0.480 e. The van der Waals surface area contributed by atoms with Gasteiger partial charge >= 0.3 is 12.1 Å². The Morgan fingerprint density at radius 3 is 2.48 bits per heavy atom. The molecule has 0 atom stereocenters. The highest BCUT2D eigenvalue weighted by atomic mass is 19.4. The Balaban J connectivity index is 2.06. The molecule has 0 saturated heterocycles. The second kappa shape index (κ2) is 6.99. The third-order valence-corrected chi connectivity index (χ3v) is 3.54. The number of carboxylic acids is 1. The summed E-state index contributed by atoms with van der Waals surface area (Å²) in [7, 11) is 0. The maximum atomic E-state index is 13.0. The summed E-state index contributed by atoms with van der Waals surface area (Å²) in [5.41, 5.74) is -0.602. The van der Waals surface area contributed by atoms with Crippen LogP contribution in [-0.2, 0) is 22.3 Å². The minimum absolute atomic E-state index is 0.000835. The highest BCUT2D eigenvalue weighted by molar-refractivity contribution is 5.82. The van der Waals surface area contributed by atoms with Crippen molar-refractivity contribution in [1.82, 2.24) is 10.2 Å². The van der Waals surface area contributed by atoms with Crippen molar-refractivity contribution in [2.75, 3.05) is 13.1 Å². The summed E-state index contributed by atoms with van der Waals surface area (Å²) in [6.07, 6.45) is -2.81. The maximum Gasteiger partial charge on any atom is 0.416 e. The van der Waals surface area contributed by atoms with E-state index < -0.39 is 30.2 Å². The van der Waals surface area contributed by atoms with Crippen LogP contribution in [0.5, 0.6) is 0 Å². The molecular formula is C15H17F3N2O3. The number of amides is 1. The fourth-order valence-electron chi connectivity index (χ4n) is 2.32. The number of aliphatic carboxylic acids is 1. The average Bonchev–Trinajstić information content (AvgIpc) is 3.28. The minimum Gasteiger partial charge on any atom is -0.480 e. The van der Waals surface area contributed by atoms with E-state index >= 15 is 0 Å². The van der Waals surface area contributed by atoms with Gasteiger partial charge in [0.1, 0.15) is 6.54 Å². The first kappa shape index (κ1) is 17.3. The number of carbonyl (C=O) groups excluding carboxylic acids is 1. The van der Waals surface area contributed by atoms with E-state index in [0.717, 1.165) is 18.9 Å². The number of carbonyl (C=O) groups is 2. The Morgan fingerprint density at radius 1 is 1.26 bits per heavy atom. The van der Waals surface area contributed by atoms with Crippen LogP contribution in [-0.4, -0.2) is 41.0 Å². The number of rotatable bonds is 7. The molecule has 126 valence electrons. The van der Waals surface area contributed by atoms with E-state index in [4.69, 9.17) is 5.11 Å². The average molecular weight is 330 g/mol. The quantitative estimate of drug-likeness (QED) is 0.801. The van der Waals surface area contributed by atoms with Crippen LogP contribution in [0.15, 0.2) is 24.3 Å². The van der Waals surface area contributed by atoms with Gasteiger partial charge in [-0.25, -0.2) is 0 Å². The van der Waals surface area contributed by atoms with E-state index in [1.165, 1.54) is 18.2 Å². The Bertz CT molecular complexity index is 586. The molecule has 0 spiro atoms. The van der Waals surface area contributed by atoms with Crippen molar-refractivity contribution in [2.24, 2.45) is 0 Å². The summed E-state index contributed by atoms with van der Waals surface area (Å²) in [6, 6.07) is 5.33. The summed E-state index contributed by atoms with van der Waals surface area (Å²) < 4.78 is 39.1. The molecule has 0 unspecified atom stereocenters. The second-order valence-electron chi connectivity index (χ2n) is 5.46. The van der Waals surface area contributed by atoms with Gasteiger partial charge in [-0.2, -0.15) is 13.2 Å². The number of alkyl halides is 3. The van der Waals surface area contributed by atoms with Crippen molar-refractivity contribution in [3.63, 3.8) is 0 Å². The van der Waals surface area contributed by atoms with Gasteiger partial charge in [0.25, 0.3) is 0 Å². The fourth-order valence-corrected chi connectivity index (χ4v) is 2.32. The van der Waals surface area contributed by atoms with Crippen molar-refractivity contribution in [3.8, 4) is 0 Å². The number of hydrogen-bond donors (Lipinski definition) is 2. The van der Waals surface area contributed by atoms with Crippen molar-refractivity contribution >= 4 is 11.9 Å². The van der Waals surface area contributed by atoms with Gasteiger partial charge in [0.2, 0.25) is 5.91 Å². The smallest absolute Gasteiger partial charge is 0.416 e. The van der Waals surface area contributed by atoms with Crippen LogP contribution >= 0.6 is 0 Å². The monoisotopic (exact) mass is 330 g/mol. The van der Waals surface area contributed by atoms with Gasteiger partial charge in [0.05, 0.1) is 12.1 Å². The molecule has 1 saturated carbocycles. The molecule has 2 N–H and O–H groups in total. The van der Waals surface area contributed by atoms with E-state index in [-0.39, 0.29) is 24.7 Å². The zero-order chi connectivity index (χ0) is 17.0. The zero-order valence-corrected chi connectivity index (χ0v) is 12.3. The van der Waals surface area contributed by atoms with E-state index in [1.54, 1.807) is 4.90 Å². The van der Waals surface area contributed by atoms with Crippen molar-refractivity contribution < 1.29 is 27.9 Å². The molecule has 5 nitrogen and oxygen atoms in total. The lowest BCUT2D eigenvalue weighted by Crippen LogP contribution is -2.40. The molecule has 1 fully saturated rings. The molecule has 0 bridgehead atoms. The lowest BCUT2D eigenvalue weighted by molar-refractivity contribution is -0.139. The zero-order valence-electron chi connectivity index (χ0n) is 12.3. The van der Waals surface area contributed by atoms with Crippen molar-refractivity contribution in [1.29, 1.82) is 0 Å². The molecule has 0 aromatic heterocycles. The molecule has 0 aliphatic heterocycles. The van der Waals surface area contributed by atoms with Crippen molar-refractivity contribution in [3.05, 3.63) is 35.4 Å². The number of halogens is 3. The molecule has 1 amide bonds. The van der Waals surface area contributed by atoms with E-state index in [1.807, 2.05) is 0 Å². The first-order chi connectivity index (χ1) is 10.8. The van der Waals surface area contributed by atoms with Crippen LogP contribution in [0.25, 0.3) is 0 Å². The van der Waals surface area contributed by atoms with E-state index in [9.17, 15) is 22.8 Å². The second-order valence-corrected chi connectivity index (χ2v) is 5.46. The highest BCUT2D eigenvalue weighted by Gasteiger charge is 2.35. The Labute approximate surface area is 131 Å². The third kappa shape index (κ3) is 5.24. The first-order valence-electron chi connectivity index (χ1n) is 7.15. The lowest BCUT2D eigenvalue weighted by atomic mass is 10.1. The molecule has 0 heterocycles. The first-order valence-corrected chi connectivity index (χ1v) is 7.15.